The lowest BCUT2D eigenvalue weighted by Gasteiger charge is -2.29. The van der Waals surface area contributed by atoms with E-state index in [1.54, 1.807) is 10.9 Å². The Morgan fingerprint density at radius 2 is 1.88 bits per heavy atom. The molecule has 10 nitrogen and oxygen atoms in total. The quantitative estimate of drug-likeness (QED) is 0.482. The number of fused-ring (bicyclic) bond motifs is 1. The summed E-state index contributed by atoms with van der Waals surface area (Å²) in [5.41, 5.74) is 3.92. The number of pyridine rings is 1. The van der Waals surface area contributed by atoms with Crippen LogP contribution in [0.4, 0.5) is 11.5 Å². The number of nitrogens with zero attached hydrogens (tertiary/aromatic N) is 8. The van der Waals surface area contributed by atoms with E-state index in [1.165, 1.54) is 0 Å². The molecular formula is C23H29N9O. The maximum absolute atomic E-state index is 6.10. The third-order valence-electron chi connectivity index (χ3n) is 6.16. The molecule has 33 heavy (non-hydrogen) atoms. The molecule has 1 aliphatic carbocycles. The van der Waals surface area contributed by atoms with Gasteiger partial charge in [-0.15, -0.1) is 5.10 Å². The lowest BCUT2D eigenvalue weighted by atomic mass is 9.93. The number of aryl methyl sites for hydroxylation is 2. The molecule has 4 heterocycles. The average Bonchev–Trinajstić information content (AvgIpc) is 3.38. The van der Waals surface area contributed by atoms with Gasteiger partial charge in [-0.3, -0.25) is 9.36 Å². The SMILES string of the molecule is CN(C)c1cnnc(OC2CCC(Nc3cc4c(cn3)c(-c3cnn(C)c3)nn4C)CC2)c1. The van der Waals surface area contributed by atoms with Gasteiger partial charge in [-0.2, -0.15) is 15.3 Å². The second kappa shape index (κ2) is 8.68. The minimum Gasteiger partial charge on any atom is -0.473 e. The van der Waals surface area contributed by atoms with Crippen molar-refractivity contribution in [2.45, 2.75) is 37.8 Å². The van der Waals surface area contributed by atoms with E-state index in [9.17, 15) is 0 Å². The van der Waals surface area contributed by atoms with E-state index >= 15 is 0 Å². The Morgan fingerprint density at radius 3 is 2.61 bits per heavy atom. The Kier molecular flexibility index (Phi) is 5.57. The number of hydrogen-bond donors (Lipinski definition) is 1. The second-order valence-electron chi connectivity index (χ2n) is 8.84. The van der Waals surface area contributed by atoms with Crippen molar-refractivity contribution >= 4 is 22.4 Å². The smallest absolute Gasteiger partial charge is 0.235 e. The largest absolute Gasteiger partial charge is 0.473 e. The first-order valence-electron chi connectivity index (χ1n) is 11.2. The van der Waals surface area contributed by atoms with Crippen molar-refractivity contribution in [3.8, 4) is 17.1 Å². The molecule has 0 radical (unpaired) electrons. The molecule has 0 atom stereocenters. The molecule has 4 aromatic heterocycles. The summed E-state index contributed by atoms with van der Waals surface area (Å²) < 4.78 is 9.79. The Labute approximate surface area is 192 Å². The fourth-order valence-electron chi connectivity index (χ4n) is 4.33. The Morgan fingerprint density at radius 1 is 1.06 bits per heavy atom. The van der Waals surface area contributed by atoms with E-state index < -0.39 is 0 Å². The van der Waals surface area contributed by atoms with Crippen LogP contribution in [-0.4, -0.2) is 61.0 Å². The first kappa shape index (κ1) is 21.2. The van der Waals surface area contributed by atoms with Crippen molar-refractivity contribution in [1.29, 1.82) is 0 Å². The van der Waals surface area contributed by atoms with Crippen molar-refractivity contribution in [3.63, 3.8) is 0 Å². The molecule has 172 valence electrons. The molecule has 4 aromatic rings. The van der Waals surface area contributed by atoms with Gasteiger partial charge in [0, 0.05) is 69.7 Å². The van der Waals surface area contributed by atoms with Crippen LogP contribution < -0.4 is 15.0 Å². The van der Waals surface area contributed by atoms with Gasteiger partial charge in [0.15, 0.2) is 0 Å². The van der Waals surface area contributed by atoms with Crippen LogP contribution in [0.1, 0.15) is 25.7 Å². The minimum absolute atomic E-state index is 0.157. The number of ether oxygens (including phenoxy) is 1. The van der Waals surface area contributed by atoms with Gasteiger partial charge >= 0.3 is 0 Å². The monoisotopic (exact) mass is 447 g/mol. The zero-order valence-electron chi connectivity index (χ0n) is 19.4. The summed E-state index contributed by atoms with van der Waals surface area (Å²) in [6.07, 6.45) is 11.5. The molecule has 1 saturated carbocycles. The van der Waals surface area contributed by atoms with E-state index in [1.807, 2.05) is 62.4 Å². The van der Waals surface area contributed by atoms with E-state index in [4.69, 9.17) is 9.84 Å². The summed E-state index contributed by atoms with van der Waals surface area (Å²) in [7, 11) is 7.83. The fraction of sp³-hybridized carbons (Fsp3) is 0.435. The number of hydrogen-bond acceptors (Lipinski definition) is 8. The van der Waals surface area contributed by atoms with Gasteiger partial charge in [-0.05, 0) is 25.7 Å². The second-order valence-corrected chi connectivity index (χ2v) is 8.84. The van der Waals surface area contributed by atoms with Crippen molar-refractivity contribution in [3.05, 3.63) is 36.9 Å². The summed E-state index contributed by atoms with van der Waals surface area (Å²) in [6, 6.07) is 4.37. The number of rotatable bonds is 6. The molecule has 10 heteroatoms. The first-order chi connectivity index (χ1) is 16.0. The number of aromatic nitrogens is 7. The third kappa shape index (κ3) is 4.46. The molecule has 0 bridgehead atoms. The zero-order chi connectivity index (χ0) is 22.9. The molecule has 0 saturated heterocycles. The highest BCUT2D eigenvalue weighted by atomic mass is 16.5. The predicted molar refractivity (Wildman–Crippen MR) is 127 cm³/mol. The topological polar surface area (TPSA) is 98.8 Å². The highest BCUT2D eigenvalue weighted by Gasteiger charge is 2.24. The van der Waals surface area contributed by atoms with Gasteiger partial charge in [0.1, 0.15) is 17.6 Å². The van der Waals surface area contributed by atoms with Crippen LogP contribution in [0.2, 0.25) is 0 Å². The zero-order valence-corrected chi connectivity index (χ0v) is 19.4. The van der Waals surface area contributed by atoms with E-state index in [0.29, 0.717) is 11.9 Å². The van der Waals surface area contributed by atoms with Gasteiger partial charge in [0.05, 0.1) is 23.6 Å². The highest BCUT2D eigenvalue weighted by molar-refractivity contribution is 5.93. The fourth-order valence-corrected chi connectivity index (χ4v) is 4.33. The van der Waals surface area contributed by atoms with Crippen LogP contribution in [-0.2, 0) is 14.1 Å². The summed E-state index contributed by atoms with van der Waals surface area (Å²) >= 11 is 0. The van der Waals surface area contributed by atoms with Crippen molar-refractivity contribution in [2.24, 2.45) is 14.1 Å². The summed E-state index contributed by atoms with van der Waals surface area (Å²) in [4.78, 5) is 6.67. The van der Waals surface area contributed by atoms with Crippen LogP contribution in [0.25, 0.3) is 22.2 Å². The third-order valence-corrected chi connectivity index (χ3v) is 6.16. The number of anilines is 2. The van der Waals surface area contributed by atoms with Gasteiger partial charge in [0.25, 0.3) is 0 Å². The first-order valence-corrected chi connectivity index (χ1v) is 11.2. The van der Waals surface area contributed by atoms with Crippen LogP contribution in [0, 0.1) is 0 Å². The normalized spacial score (nSPS) is 18.4. The molecule has 0 spiro atoms. The Hall–Kier alpha value is -3.69. The van der Waals surface area contributed by atoms with Crippen molar-refractivity contribution in [1.82, 2.24) is 34.7 Å². The molecule has 1 N–H and O–H groups in total. The molecule has 1 fully saturated rings. The van der Waals surface area contributed by atoms with Crippen molar-refractivity contribution < 1.29 is 4.74 Å². The standard InChI is InChI=1S/C23H29N9O/c1-30(2)17-9-22(28-25-12-17)33-18-7-5-16(6-8-18)27-21-10-20-19(13-24-21)23(29-32(20)4)15-11-26-31(3)14-15/h9-14,16,18H,5-8H2,1-4H3,(H,24,27). The molecule has 1 aliphatic rings. The Bertz CT molecular complexity index is 1250. The summed E-state index contributed by atoms with van der Waals surface area (Å²) in [6.45, 7) is 0. The van der Waals surface area contributed by atoms with Crippen LogP contribution >= 0.6 is 0 Å². The lowest BCUT2D eigenvalue weighted by Crippen LogP contribution is -2.31. The predicted octanol–water partition coefficient (Wildman–Crippen LogP) is 3.03. The number of nitrogens with one attached hydrogen (secondary N) is 1. The summed E-state index contributed by atoms with van der Waals surface area (Å²) in [5.74, 6) is 1.46. The van der Waals surface area contributed by atoms with Crippen LogP contribution in [0.5, 0.6) is 5.88 Å². The van der Waals surface area contributed by atoms with Gasteiger partial charge < -0.3 is 15.0 Å². The molecular weight excluding hydrogens is 418 g/mol. The molecule has 0 aromatic carbocycles. The minimum atomic E-state index is 0.157. The molecule has 0 aliphatic heterocycles. The maximum atomic E-state index is 6.10. The highest BCUT2D eigenvalue weighted by Crippen LogP contribution is 2.30. The molecule has 0 amide bonds. The molecule has 0 unspecified atom stereocenters. The van der Waals surface area contributed by atoms with E-state index in [2.05, 4.69) is 31.7 Å². The maximum Gasteiger partial charge on any atom is 0.235 e. The van der Waals surface area contributed by atoms with E-state index in [0.717, 1.165) is 59.3 Å². The summed E-state index contributed by atoms with van der Waals surface area (Å²) in [5, 5.41) is 21.8. The van der Waals surface area contributed by atoms with Gasteiger partial charge in [-0.1, -0.05) is 0 Å². The van der Waals surface area contributed by atoms with Crippen LogP contribution in [0.15, 0.2) is 36.9 Å². The van der Waals surface area contributed by atoms with Crippen LogP contribution in [0.3, 0.4) is 0 Å². The van der Waals surface area contributed by atoms with Crippen molar-refractivity contribution in [2.75, 3.05) is 24.3 Å². The Balaban J connectivity index is 1.22. The average molecular weight is 448 g/mol. The molecule has 5 rings (SSSR count). The lowest BCUT2D eigenvalue weighted by molar-refractivity contribution is 0.142. The van der Waals surface area contributed by atoms with Gasteiger partial charge in [0.2, 0.25) is 5.88 Å². The van der Waals surface area contributed by atoms with E-state index in [-0.39, 0.29) is 6.10 Å². The van der Waals surface area contributed by atoms with Gasteiger partial charge in [-0.25, -0.2) is 4.98 Å².